The molecule has 0 spiro atoms. The molecule has 2 aliphatic rings. The maximum Gasteiger partial charge on any atom is 0.308 e. The van der Waals surface area contributed by atoms with Crippen molar-refractivity contribution in [3.63, 3.8) is 0 Å². The van der Waals surface area contributed by atoms with Crippen LogP contribution in [0.3, 0.4) is 0 Å². The van der Waals surface area contributed by atoms with E-state index < -0.39 is 23.1 Å². The SMILES string of the molecule is O=C(O)C1CCc2c(Cc3ccc4c(c3)CC[S+]4[O-])c3cc(F)ccc3n2C1. The molecule has 0 amide bonds. The van der Waals surface area contributed by atoms with Crippen LogP contribution in [0.4, 0.5) is 4.39 Å². The monoisotopic (exact) mass is 397 g/mol. The maximum atomic E-state index is 14.0. The minimum absolute atomic E-state index is 0.282. The molecule has 0 fully saturated rings. The van der Waals surface area contributed by atoms with E-state index in [-0.39, 0.29) is 5.82 Å². The first kappa shape index (κ1) is 17.8. The topological polar surface area (TPSA) is 65.3 Å². The summed E-state index contributed by atoms with van der Waals surface area (Å²) < 4.78 is 28.1. The van der Waals surface area contributed by atoms with Gasteiger partial charge in [0.2, 0.25) is 0 Å². The number of nitrogens with zero attached hydrogens (tertiary/aromatic N) is 1. The van der Waals surface area contributed by atoms with Crippen molar-refractivity contribution < 1.29 is 18.8 Å². The molecule has 144 valence electrons. The molecule has 2 aromatic carbocycles. The Morgan fingerprint density at radius 2 is 2.11 bits per heavy atom. The molecule has 1 aromatic heterocycles. The molecule has 1 N–H and O–H groups in total. The van der Waals surface area contributed by atoms with Crippen LogP contribution in [0.25, 0.3) is 10.9 Å². The summed E-state index contributed by atoms with van der Waals surface area (Å²) in [5.74, 6) is -0.778. The van der Waals surface area contributed by atoms with Crippen LogP contribution < -0.4 is 0 Å². The summed E-state index contributed by atoms with van der Waals surface area (Å²) in [4.78, 5) is 12.4. The summed E-state index contributed by atoms with van der Waals surface area (Å²) in [6, 6.07) is 10.9. The van der Waals surface area contributed by atoms with Gasteiger partial charge in [0, 0.05) is 35.1 Å². The minimum Gasteiger partial charge on any atom is -0.611 e. The second-order valence-corrected chi connectivity index (χ2v) is 9.23. The normalized spacial score (nSPS) is 20.9. The molecule has 3 aromatic rings. The van der Waals surface area contributed by atoms with E-state index >= 15 is 0 Å². The predicted octanol–water partition coefficient (Wildman–Crippen LogP) is 3.68. The number of fused-ring (bicyclic) bond motifs is 4. The summed E-state index contributed by atoms with van der Waals surface area (Å²) in [5.41, 5.74) is 5.36. The molecule has 3 heterocycles. The van der Waals surface area contributed by atoms with Gasteiger partial charge in [0.1, 0.15) is 11.6 Å². The van der Waals surface area contributed by atoms with Gasteiger partial charge in [-0.15, -0.1) is 0 Å². The highest BCUT2D eigenvalue weighted by atomic mass is 32.2. The highest BCUT2D eigenvalue weighted by molar-refractivity contribution is 7.91. The van der Waals surface area contributed by atoms with Crippen LogP contribution in [0.2, 0.25) is 0 Å². The van der Waals surface area contributed by atoms with E-state index in [2.05, 4.69) is 10.6 Å². The largest absolute Gasteiger partial charge is 0.611 e. The van der Waals surface area contributed by atoms with Crippen LogP contribution >= 0.6 is 0 Å². The lowest BCUT2D eigenvalue weighted by Crippen LogP contribution is -2.26. The molecular weight excluding hydrogens is 377 g/mol. The zero-order chi connectivity index (χ0) is 19.4. The van der Waals surface area contributed by atoms with E-state index in [1.165, 1.54) is 6.07 Å². The third-order valence-corrected chi connectivity index (χ3v) is 7.50. The van der Waals surface area contributed by atoms with Crippen molar-refractivity contribution in [1.82, 2.24) is 4.57 Å². The van der Waals surface area contributed by atoms with Gasteiger partial charge in [0.05, 0.1) is 5.92 Å². The van der Waals surface area contributed by atoms with Gasteiger partial charge >= 0.3 is 5.97 Å². The number of halogens is 1. The molecule has 2 unspecified atom stereocenters. The highest BCUT2D eigenvalue weighted by Gasteiger charge is 2.29. The molecule has 0 saturated carbocycles. The number of hydrogen-bond donors (Lipinski definition) is 1. The molecule has 5 rings (SSSR count). The fourth-order valence-electron chi connectivity index (χ4n) is 4.64. The maximum absolute atomic E-state index is 14.0. The molecule has 6 heteroatoms. The number of benzene rings is 2. The number of rotatable bonds is 3. The lowest BCUT2D eigenvalue weighted by atomic mass is 9.94. The summed E-state index contributed by atoms with van der Waals surface area (Å²) in [5, 5.41) is 10.3. The Kier molecular flexibility index (Phi) is 4.21. The van der Waals surface area contributed by atoms with Crippen LogP contribution in [0.15, 0.2) is 41.3 Å². The van der Waals surface area contributed by atoms with Crippen molar-refractivity contribution >= 4 is 28.0 Å². The Hall–Kier alpha value is -2.31. The van der Waals surface area contributed by atoms with Crippen LogP contribution in [-0.4, -0.2) is 25.9 Å². The van der Waals surface area contributed by atoms with Crippen molar-refractivity contribution in [3.05, 3.63) is 64.6 Å². The average Bonchev–Trinajstić information content (AvgIpc) is 3.19. The Labute approximate surface area is 165 Å². The van der Waals surface area contributed by atoms with Gasteiger partial charge in [-0.2, -0.15) is 0 Å². The standard InChI is InChI=1S/C22H20FNO3S/c23-16-3-5-20-18(11-16)17(19-4-2-15(22(25)26)12-24(19)20)10-13-1-6-21-14(9-13)7-8-28(21)27/h1,3,5-6,9,11,15H,2,4,7-8,10,12H2,(H,25,26). The number of aryl methyl sites for hydroxylation is 1. The second-order valence-electron chi connectivity index (χ2n) is 7.69. The number of carboxylic acids is 1. The van der Waals surface area contributed by atoms with E-state index in [0.717, 1.165) is 44.6 Å². The van der Waals surface area contributed by atoms with Crippen molar-refractivity contribution in [2.24, 2.45) is 5.92 Å². The van der Waals surface area contributed by atoms with Crippen LogP contribution in [-0.2, 0) is 41.8 Å². The first-order chi connectivity index (χ1) is 13.5. The minimum atomic E-state index is -0.890. The highest BCUT2D eigenvalue weighted by Crippen LogP contribution is 2.35. The van der Waals surface area contributed by atoms with Crippen molar-refractivity contribution in [2.75, 3.05) is 5.75 Å². The number of aromatic nitrogens is 1. The third kappa shape index (κ3) is 2.83. The van der Waals surface area contributed by atoms with Crippen LogP contribution in [0, 0.1) is 11.7 Å². The number of aliphatic carboxylic acids is 1. The van der Waals surface area contributed by atoms with Gasteiger partial charge < -0.3 is 14.2 Å². The molecule has 2 aliphatic heterocycles. The predicted molar refractivity (Wildman–Crippen MR) is 106 cm³/mol. The van der Waals surface area contributed by atoms with E-state index in [9.17, 15) is 18.8 Å². The second kappa shape index (κ2) is 6.64. The van der Waals surface area contributed by atoms with Crippen molar-refractivity contribution in [3.8, 4) is 0 Å². The van der Waals surface area contributed by atoms with E-state index in [4.69, 9.17) is 0 Å². The summed E-state index contributed by atoms with van der Waals surface area (Å²) >= 11 is -0.890. The molecule has 0 saturated heterocycles. The van der Waals surface area contributed by atoms with Gasteiger partial charge in [0.25, 0.3) is 0 Å². The van der Waals surface area contributed by atoms with E-state index in [1.807, 2.05) is 12.1 Å². The smallest absolute Gasteiger partial charge is 0.308 e. The van der Waals surface area contributed by atoms with Gasteiger partial charge in [-0.1, -0.05) is 12.1 Å². The first-order valence-electron chi connectivity index (χ1n) is 9.54. The summed E-state index contributed by atoms with van der Waals surface area (Å²) in [7, 11) is 0. The fourth-order valence-corrected chi connectivity index (χ4v) is 5.94. The number of hydrogen-bond acceptors (Lipinski definition) is 2. The summed E-state index contributed by atoms with van der Waals surface area (Å²) in [6.45, 7) is 0.427. The van der Waals surface area contributed by atoms with E-state index in [0.29, 0.717) is 31.6 Å². The van der Waals surface area contributed by atoms with Crippen molar-refractivity contribution in [1.29, 1.82) is 0 Å². The molecule has 0 bridgehead atoms. The Morgan fingerprint density at radius 1 is 1.25 bits per heavy atom. The molecule has 2 atom stereocenters. The van der Waals surface area contributed by atoms with Crippen LogP contribution in [0.1, 0.15) is 28.8 Å². The average molecular weight is 397 g/mol. The number of carbonyl (C=O) groups is 1. The Morgan fingerprint density at radius 3 is 2.93 bits per heavy atom. The lowest BCUT2D eigenvalue weighted by molar-refractivity contribution is -0.142. The Bertz CT molecular complexity index is 1110. The first-order valence-corrected chi connectivity index (χ1v) is 10.9. The zero-order valence-corrected chi connectivity index (χ0v) is 16.1. The molecular formula is C22H20FNO3S. The summed E-state index contributed by atoms with van der Waals surface area (Å²) in [6.07, 6.45) is 2.78. The zero-order valence-electron chi connectivity index (χ0n) is 15.3. The molecule has 0 aliphatic carbocycles. The quantitative estimate of drug-likeness (QED) is 0.686. The van der Waals surface area contributed by atoms with Gasteiger partial charge in [-0.05, 0) is 65.8 Å². The fraction of sp³-hybridized carbons (Fsp3) is 0.318. The molecule has 28 heavy (non-hydrogen) atoms. The molecule has 0 radical (unpaired) electrons. The van der Waals surface area contributed by atoms with E-state index in [1.54, 1.807) is 12.1 Å². The van der Waals surface area contributed by atoms with Crippen LogP contribution in [0.5, 0.6) is 0 Å². The van der Waals surface area contributed by atoms with Gasteiger partial charge in [-0.25, -0.2) is 4.39 Å². The van der Waals surface area contributed by atoms with Gasteiger partial charge in [0.15, 0.2) is 4.90 Å². The number of carboxylic acid groups (broad SMARTS) is 1. The van der Waals surface area contributed by atoms with Crippen molar-refractivity contribution in [2.45, 2.75) is 37.1 Å². The molecule has 4 nitrogen and oxygen atoms in total. The Balaban J connectivity index is 1.60. The van der Waals surface area contributed by atoms with Gasteiger partial charge in [-0.3, -0.25) is 4.79 Å². The lowest BCUT2D eigenvalue weighted by Gasteiger charge is -2.23. The third-order valence-electron chi connectivity index (χ3n) is 6.04.